The molecule has 1 atom stereocenters. The zero-order chi connectivity index (χ0) is 41.5. The van der Waals surface area contributed by atoms with Crippen LogP contribution >= 0.6 is 0 Å². The van der Waals surface area contributed by atoms with Crippen molar-refractivity contribution < 1.29 is 28.6 Å². The van der Waals surface area contributed by atoms with Gasteiger partial charge in [0.2, 0.25) is 0 Å². The Bertz CT molecular complexity index is 1230. The molecule has 0 saturated carbocycles. The molecule has 0 amide bonds. The highest BCUT2D eigenvalue weighted by Crippen LogP contribution is 2.12. The summed E-state index contributed by atoms with van der Waals surface area (Å²) in [7, 11) is 0. The molecule has 0 aliphatic heterocycles. The zero-order valence-corrected chi connectivity index (χ0v) is 36.3. The van der Waals surface area contributed by atoms with E-state index >= 15 is 0 Å². The van der Waals surface area contributed by atoms with Gasteiger partial charge in [-0.05, 0) is 96.3 Å². The Morgan fingerprint density at radius 3 is 1.25 bits per heavy atom. The first-order valence-electron chi connectivity index (χ1n) is 22.4. The quantitative estimate of drug-likeness (QED) is 0.0204. The fourth-order valence-electron chi connectivity index (χ4n) is 5.56. The molecule has 0 rings (SSSR count). The monoisotopic (exact) mass is 789 g/mol. The number of hydrogen-bond acceptors (Lipinski definition) is 6. The lowest BCUT2D eigenvalue weighted by atomic mass is 10.1. The number of hydrogen-bond donors (Lipinski definition) is 0. The predicted octanol–water partition coefficient (Wildman–Crippen LogP) is 14.4. The molecule has 0 saturated heterocycles. The van der Waals surface area contributed by atoms with Gasteiger partial charge in [0.25, 0.3) is 0 Å². The maximum atomic E-state index is 12.7. The average Bonchev–Trinajstić information content (AvgIpc) is 3.21. The first kappa shape index (κ1) is 53.1. The molecule has 0 spiro atoms. The normalized spacial score (nSPS) is 13.1. The Hall–Kier alpha value is -3.93. The molecule has 320 valence electrons. The summed E-state index contributed by atoms with van der Waals surface area (Å²) in [6, 6.07) is 0. The largest absolute Gasteiger partial charge is 0.462 e. The third kappa shape index (κ3) is 43.0. The van der Waals surface area contributed by atoms with Gasteiger partial charge in [-0.25, -0.2) is 0 Å². The number of carbonyl (C=O) groups is 3. The van der Waals surface area contributed by atoms with Crippen LogP contribution < -0.4 is 0 Å². The zero-order valence-electron chi connectivity index (χ0n) is 36.3. The molecule has 0 bridgehead atoms. The summed E-state index contributed by atoms with van der Waals surface area (Å²) in [5.74, 6) is -1.02. The summed E-state index contributed by atoms with van der Waals surface area (Å²) in [5.41, 5.74) is 0. The van der Waals surface area contributed by atoms with Crippen LogP contribution in [0.25, 0.3) is 0 Å². The van der Waals surface area contributed by atoms with E-state index in [1.807, 2.05) is 36.5 Å². The third-order valence-corrected chi connectivity index (χ3v) is 8.85. The highest BCUT2D eigenvalue weighted by atomic mass is 16.6. The fourth-order valence-corrected chi connectivity index (χ4v) is 5.56. The molecule has 0 N–H and O–H groups in total. The van der Waals surface area contributed by atoms with Crippen LogP contribution in [0.2, 0.25) is 0 Å². The van der Waals surface area contributed by atoms with E-state index < -0.39 is 6.10 Å². The smallest absolute Gasteiger partial charge is 0.306 e. The minimum Gasteiger partial charge on any atom is -0.462 e. The van der Waals surface area contributed by atoms with Crippen molar-refractivity contribution in [1.82, 2.24) is 0 Å². The summed E-state index contributed by atoms with van der Waals surface area (Å²) >= 11 is 0. The summed E-state index contributed by atoms with van der Waals surface area (Å²) < 4.78 is 16.6. The Balaban J connectivity index is 4.54. The molecule has 57 heavy (non-hydrogen) atoms. The lowest BCUT2D eigenvalue weighted by molar-refractivity contribution is -0.167. The van der Waals surface area contributed by atoms with E-state index in [0.717, 1.165) is 96.3 Å². The Morgan fingerprint density at radius 2 is 0.719 bits per heavy atom. The van der Waals surface area contributed by atoms with E-state index in [-0.39, 0.29) is 37.5 Å². The van der Waals surface area contributed by atoms with Crippen molar-refractivity contribution in [2.45, 2.75) is 181 Å². The number of esters is 3. The summed E-state index contributed by atoms with van der Waals surface area (Å²) in [5, 5.41) is 0. The second-order valence-corrected chi connectivity index (χ2v) is 14.3. The number of ether oxygens (including phenoxy) is 3. The van der Waals surface area contributed by atoms with Crippen LogP contribution in [0.3, 0.4) is 0 Å². The lowest BCUT2D eigenvalue weighted by Crippen LogP contribution is -2.30. The molecule has 0 aliphatic carbocycles. The van der Waals surface area contributed by atoms with Crippen LogP contribution in [-0.2, 0) is 28.6 Å². The number of allylic oxidation sites excluding steroid dienone is 18. The van der Waals surface area contributed by atoms with Crippen molar-refractivity contribution in [1.29, 1.82) is 0 Å². The highest BCUT2D eigenvalue weighted by Gasteiger charge is 2.19. The maximum Gasteiger partial charge on any atom is 0.306 e. The van der Waals surface area contributed by atoms with Crippen molar-refractivity contribution in [2.75, 3.05) is 13.2 Å². The molecule has 6 heteroatoms. The van der Waals surface area contributed by atoms with E-state index in [9.17, 15) is 14.4 Å². The SMILES string of the molecule is CC\C=C/C=C\C=C/C=C\CCCCCC(=O)OC(COC(=O)CCCC/C=C\C/C=C\C/C=C\CC)COC(=O)CCCCCCCCC/C=C\C/C=C\CC. The Labute approximate surface area is 349 Å². The summed E-state index contributed by atoms with van der Waals surface area (Å²) in [6.45, 7) is 6.16. The second-order valence-electron chi connectivity index (χ2n) is 14.3. The number of unbranched alkanes of at least 4 members (excludes halogenated alkanes) is 12. The van der Waals surface area contributed by atoms with E-state index in [4.69, 9.17) is 14.2 Å². The van der Waals surface area contributed by atoms with Gasteiger partial charge >= 0.3 is 17.9 Å². The summed E-state index contributed by atoms with van der Waals surface area (Å²) in [6.07, 6.45) is 59.3. The van der Waals surface area contributed by atoms with Gasteiger partial charge < -0.3 is 14.2 Å². The maximum absolute atomic E-state index is 12.7. The van der Waals surface area contributed by atoms with E-state index in [1.165, 1.54) is 25.7 Å². The van der Waals surface area contributed by atoms with Gasteiger partial charge in [0.1, 0.15) is 13.2 Å². The van der Waals surface area contributed by atoms with Crippen LogP contribution in [0.4, 0.5) is 0 Å². The lowest BCUT2D eigenvalue weighted by Gasteiger charge is -2.18. The Morgan fingerprint density at radius 1 is 0.368 bits per heavy atom. The molecule has 6 nitrogen and oxygen atoms in total. The van der Waals surface area contributed by atoms with Gasteiger partial charge in [0, 0.05) is 19.3 Å². The molecule has 0 radical (unpaired) electrons. The molecular weight excluding hydrogens is 709 g/mol. The number of rotatable bonds is 38. The molecule has 0 heterocycles. The third-order valence-electron chi connectivity index (χ3n) is 8.85. The first-order valence-corrected chi connectivity index (χ1v) is 22.4. The molecule has 0 aliphatic rings. The molecular formula is C51H80O6. The van der Waals surface area contributed by atoms with Gasteiger partial charge in [-0.3, -0.25) is 14.4 Å². The average molecular weight is 789 g/mol. The topological polar surface area (TPSA) is 78.9 Å². The molecule has 0 fully saturated rings. The minimum absolute atomic E-state index is 0.113. The van der Waals surface area contributed by atoms with Crippen molar-refractivity contribution in [3.05, 3.63) is 109 Å². The van der Waals surface area contributed by atoms with E-state index in [0.29, 0.717) is 25.7 Å². The second kappa shape index (κ2) is 44.8. The Kier molecular flexibility index (Phi) is 41.7. The highest BCUT2D eigenvalue weighted by molar-refractivity contribution is 5.71. The van der Waals surface area contributed by atoms with Crippen molar-refractivity contribution in [3.8, 4) is 0 Å². The van der Waals surface area contributed by atoms with Crippen LogP contribution in [0.5, 0.6) is 0 Å². The van der Waals surface area contributed by atoms with Gasteiger partial charge in [0.05, 0.1) is 0 Å². The van der Waals surface area contributed by atoms with E-state index in [2.05, 4.69) is 93.7 Å². The molecule has 0 aromatic rings. The van der Waals surface area contributed by atoms with E-state index in [1.54, 1.807) is 0 Å². The first-order chi connectivity index (χ1) is 28.0. The van der Waals surface area contributed by atoms with Gasteiger partial charge in [-0.15, -0.1) is 0 Å². The molecule has 0 aromatic carbocycles. The number of carbonyl (C=O) groups excluding carboxylic acids is 3. The molecule has 1 unspecified atom stereocenters. The van der Waals surface area contributed by atoms with Gasteiger partial charge in [-0.1, -0.05) is 169 Å². The van der Waals surface area contributed by atoms with Crippen molar-refractivity contribution in [2.24, 2.45) is 0 Å². The van der Waals surface area contributed by atoms with Crippen LogP contribution in [-0.4, -0.2) is 37.2 Å². The van der Waals surface area contributed by atoms with Crippen LogP contribution in [0.15, 0.2) is 109 Å². The van der Waals surface area contributed by atoms with Gasteiger partial charge in [0.15, 0.2) is 6.10 Å². The van der Waals surface area contributed by atoms with Crippen molar-refractivity contribution >= 4 is 17.9 Å². The molecule has 0 aromatic heterocycles. The fraction of sp³-hybridized carbons (Fsp3) is 0.588. The van der Waals surface area contributed by atoms with Gasteiger partial charge in [-0.2, -0.15) is 0 Å². The predicted molar refractivity (Wildman–Crippen MR) is 242 cm³/mol. The van der Waals surface area contributed by atoms with Crippen LogP contribution in [0.1, 0.15) is 175 Å². The standard InChI is InChI=1S/C51H80O6/c1-4-7-10-13-16-19-22-25-27-29-32-35-38-41-44-50(53)56-47-48(46-55-49(52)43-40-37-34-31-28-24-21-18-15-12-9-6-3)57-51(54)45-42-39-36-33-30-26-23-20-17-14-11-8-5-2/h7-12,14,16-21,23,26,28,30-31,48H,4-6,13,15,22,24-25,27,29,32-47H2,1-3H3/b10-7-,11-8-,12-9-,17-14-,19-16-,21-18-,23-20-,30-26-,31-28-. The summed E-state index contributed by atoms with van der Waals surface area (Å²) in [4.78, 5) is 37.7. The van der Waals surface area contributed by atoms with Crippen molar-refractivity contribution in [3.63, 3.8) is 0 Å². The van der Waals surface area contributed by atoms with Crippen LogP contribution in [0, 0.1) is 0 Å². The minimum atomic E-state index is -0.817.